The topological polar surface area (TPSA) is 69.6 Å². The minimum Gasteiger partial charge on any atom is -0.381 e. The molecule has 96 valence electrons. The van der Waals surface area contributed by atoms with Crippen LogP contribution >= 0.6 is 0 Å². The minimum atomic E-state index is -0.0531. The zero-order chi connectivity index (χ0) is 13.2. The molecule has 0 aliphatic carbocycles. The Morgan fingerprint density at radius 1 is 1.33 bits per heavy atom. The van der Waals surface area contributed by atoms with E-state index in [0.717, 1.165) is 18.7 Å². The van der Waals surface area contributed by atoms with Crippen molar-refractivity contribution in [3.63, 3.8) is 0 Å². The number of hydrogen-bond acceptors (Lipinski definition) is 4. The second-order valence-electron chi connectivity index (χ2n) is 5.41. The highest BCUT2D eigenvalue weighted by atomic mass is 15.4. The van der Waals surface area contributed by atoms with Crippen molar-refractivity contribution in [2.75, 3.05) is 5.73 Å². The molecule has 0 aliphatic rings. The van der Waals surface area contributed by atoms with E-state index in [2.05, 4.69) is 42.1 Å². The van der Waals surface area contributed by atoms with E-state index in [1.807, 2.05) is 16.9 Å². The maximum atomic E-state index is 5.89. The van der Waals surface area contributed by atoms with Gasteiger partial charge in [-0.1, -0.05) is 32.1 Å². The SMILES string of the molecule is CC(C)(C)c1c(N)nnn1CCc1cccnc1. The first kappa shape index (κ1) is 12.5. The van der Waals surface area contributed by atoms with Crippen molar-refractivity contribution in [3.05, 3.63) is 35.8 Å². The fraction of sp³-hybridized carbons (Fsp3) is 0.462. The third-order valence-electron chi connectivity index (χ3n) is 2.81. The number of anilines is 1. The van der Waals surface area contributed by atoms with Gasteiger partial charge in [-0.2, -0.15) is 0 Å². The molecule has 5 heteroatoms. The molecule has 0 saturated heterocycles. The second kappa shape index (κ2) is 4.76. The van der Waals surface area contributed by atoms with Crippen molar-refractivity contribution in [1.29, 1.82) is 0 Å². The predicted octanol–water partition coefficient (Wildman–Crippen LogP) is 1.80. The second-order valence-corrected chi connectivity index (χ2v) is 5.41. The Balaban J connectivity index is 2.16. The van der Waals surface area contributed by atoms with Gasteiger partial charge in [0.15, 0.2) is 5.82 Å². The van der Waals surface area contributed by atoms with Gasteiger partial charge in [0.1, 0.15) is 0 Å². The number of nitrogen functional groups attached to an aromatic ring is 1. The summed E-state index contributed by atoms with van der Waals surface area (Å²) in [4.78, 5) is 4.10. The number of rotatable bonds is 3. The van der Waals surface area contributed by atoms with Gasteiger partial charge in [-0.15, -0.1) is 5.10 Å². The molecule has 0 unspecified atom stereocenters. The summed E-state index contributed by atoms with van der Waals surface area (Å²) in [6, 6.07) is 4.00. The van der Waals surface area contributed by atoms with Gasteiger partial charge in [-0.25, -0.2) is 4.68 Å². The Morgan fingerprint density at radius 3 is 2.72 bits per heavy atom. The van der Waals surface area contributed by atoms with Crippen molar-refractivity contribution in [1.82, 2.24) is 20.0 Å². The lowest BCUT2D eigenvalue weighted by atomic mass is 9.92. The van der Waals surface area contributed by atoms with Gasteiger partial charge >= 0.3 is 0 Å². The largest absolute Gasteiger partial charge is 0.381 e. The summed E-state index contributed by atoms with van der Waals surface area (Å²) >= 11 is 0. The number of aryl methyl sites for hydroxylation is 2. The summed E-state index contributed by atoms with van der Waals surface area (Å²) in [5.41, 5.74) is 8.02. The zero-order valence-electron chi connectivity index (χ0n) is 11.1. The summed E-state index contributed by atoms with van der Waals surface area (Å²) in [5, 5.41) is 8.09. The lowest BCUT2D eigenvalue weighted by Crippen LogP contribution is -2.20. The first-order chi connectivity index (χ1) is 8.48. The molecule has 2 heterocycles. The van der Waals surface area contributed by atoms with Crippen molar-refractivity contribution in [2.24, 2.45) is 0 Å². The Bertz CT molecular complexity index is 510. The molecule has 2 aromatic rings. The summed E-state index contributed by atoms with van der Waals surface area (Å²) in [7, 11) is 0. The molecule has 0 radical (unpaired) electrons. The molecule has 0 aromatic carbocycles. The molecule has 0 amide bonds. The third kappa shape index (κ3) is 2.67. The fourth-order valence-corrected chi connectivity index (χ4v) is 2.04. The van der Waals surface area contributed by atoms with Crippen LogP contribution in [0.2, 0.25) is 0 Å². The van der Waals surface area contributed by atoms with Crippen LogP contribution in [0.4, 0.5) is 5.82 Å². The van der Waals surface area contributed by atoms with Gasteiger partial charge in [0.05, 0.1) is 5.69 Å². The third-order valence-corrected chi connectivity index (χ3v) is 2.81. The van der Waals surface area contributed by atoms with E-state index >= 15 is 0 Å². The van der Waals surface area contributed by atoms with Crippen LogP contribution in [0, 0.1) is 0 Å². The maximum Gasteiger partial charge on any atom is 0.169 e. The Kier molecular flexibility index (Phi) is 3.32. The van der Waals surface area contributed by atoms with Gasteiger partial charge in [0.25, 0.3) is 0 Å². The van der Waals surface area contributed by atoms with E-state index < -0.39 is 0 Å². The molecule has 0 aliphatic heterocycles. The highest BCUT2D eigenvalue weighted by Gasteiger charge is 2.23. The number of aromatic nitrogens is 4. The van der Waals surface area contributed by atoms with Crippen LogP contribution in [-0.4, -0.2) is 20.0 Å². The highest BCUT2D eigenvalue weighted by molar-refractivity contribution is 5.37. The van der Waals surface area contributed by atoms with E-state index in [4.69, 9.17) is 5.73 Å². The molecule has 18 heavy (non-hydrogen) atoms. The summed E-state index contributed by atoms with van der Waals surface area (Å²) in [6.45, 7) is 7.11. The van der Waals surface area contributed by atoms with Crippen LogP contribution in [0.5, 0.6) is 0 Å². The van der Waals surface area contributed by atoms with Crippen molar-refractivity contribution < 1.29 is 0 Å². The lowest BCUT2D eigenvalue weighted by molar-refractivity contribution is 0.481. The summed E-state index contributed by atoms with van der Waals surface area (Å²) < 4.78 is 1.89. The van der Waals surface area contributed by atoms with Crippen LogP contribution in [0.3, 0.4) is 0 Å². The van der Waals surface area contributed by atoms with Gasteiger partial charge in [0, 0.05) is 24.4 Å². The van der Waals surface area contributed by atoms with Crippen LogP contribution in [0.15, 0.2) is 24.5 Å². The average molecular weight is 245 g/mol. The number of nitrogens with zero attached hydrogens (tertiary/aromatic N) is 4. The molecular weight excluding hydrogens is 226 g/mol. The van der Waals surface area contributed by atoms with Crippen LogP contribution in [0.25, 0.3) is 0 Å². The van der Waals surface area contributed by atoms with E-state index in [-0.39, 0.29) is 5.41 Å². The standard InChI is InChI=1S/C13H19N5/c1-13(2,3)11-12(14)16-17-18(11)8-6-10-5-4-7-15-9-10/h4-5,7,9H,6,8,14H2,1-3H3. The predicted molar refractivity (Wildman–Crippen MR) is 71.1 cm³/mol. The van der Waals surface area contributed by atoms with Gasteiger partial charge in [-0.3, -0.25) is 4.98 Å². The van der Waals surface area contributed by atoms with Crippen molar-refractivity contribution >= 4 is 5.82 Å². The van der Waals surface area contributed by atoms with Gasteiger partial charge < -0.3 is 5.73 Å². The molecule has 0 bridgehead atoms. The van der Waals surface area contributed by atoms with E-state index in [1.54, 1.807) is 6.20 Å². The first-order valence-corrected chi connectivity index (χ1v) is 6.07. The lowest BCUT2D eigenvalue weighted by Gasteiger charge is -2.20. The molecular formula is C13H19N5. The molecule has 5 nitrogen and oxygen atoms in total. The molecule has 0 atom stereocenters. The Labute approximate surface area is 107 Å². The number of pyridine rings is 1. The Hall–Kier alpha value is -1.91. The maximum absolute atomic E-state index is 5.89. The Morgan fingerprint density at radius 2 is 2.11 bits per heavy atom. The normalized spacial score (nSPS) is 11.7. The average Bonchev–Trinajstić information content (AvgIpc) is 2.69. The summed E-state index contributed by atoms with van der Waals surface area (Å²) in [6.07, 6.45) is 4.52. The summed E-state index contributed by atoms with van der Waals surface area (Å²) in [5.74, 6) is 0.522. The molecule has 0 saturated carbocycles. The fourth-order valence-electron chi connectivity index (χ4n) is 2.04. The van der Waals surface area contributed by atoms with E-state index in [1.165, 1.54) is 5.56 Å². The van der Waals surface area contributed by atoms with Gasteiger partial charge in [-0.05, 0) is 18.1 Å². The molecule has 0 fully saturated rings. The highest BCUT2D eigenvalue weighted by Crippen LogP contribution is 2.25. The van der Waals surface area contributed by atoms with Crippen molar-refractivity contribution in [3.8, 4) is 0 Å². The smallest absolute Gasteiger partial charge is 0.169 e. The van der Waals surface area contributed by atoms with E-state index in [0.29, 0.717) is 5.82 Å². The number of hydrogen-bond donors (Lipinski definition) is 1. The van der Waals surface area contributed by atoms with Crippen molar-refractivity contribution in [2.45, 2.75) is 39.2 Å². The minimum absolute atomic E-state index is 0.0531. The molecule has 0 spiro atoms. The molecule has 2 N–H and O–H groups in total. The molecule has 2 aromatic heterocycles. The van der Waals surface area contributed by atoms with Crippen LogP contribution in [0.1, 0.15) is 32.0 Å². The van der Waals surface area contributed by atoms with Crippen LogP contribution < -0.4 is 5.73 Å². The van der Waals surface area contributed by atoms with Gasteiger partial charge in [0.2, 0.25) is 0 Å². The molecule has 2 rings (SSSR count). The quantitative estimate of drug-likeness (QED) is 0.895. The monoisotopic (exact) mass is 245 g/mol. The zero-order valence-corrected chi connectivity index (χ0v) is 11.1. The van der Waals surface area contributed by atoms with Crippen LogP contribution in [-0.2, 0) is 18.4 Å². The van der Waals surface area contributed by atoms with E-state index in [9.17, 15) is 0 Å². The first-order valence-electron chi connectivity index (χ1n) is 6.07. The number of nitrogens with two attached hydrogens (primary N) is 1.